The maximum Gasteiger partial charge on any atom is 0.255 e. The number of benzene rings is 2. The number of carbonyl (C=O) groups excluding carboxylic acids is 1. The quantitative estimate of drug-likeness (QED) is 0.872. The van der Waals surface area contributed by atoms with Crippen molar-refractivity contribution in [1.82, 2.24) is 0 Å². The second kappa shape index (κ2) is 5.97. The van der Waals surface area contributed by atoms with E-state index in [-0.39, 0.29) is 10.8 Å². The molecule has 1 amide bonds. The topological polar surface area (TPSA) is 89.3 Å². The van der Waals surface area contributed by atoms with Gasteiger partial charge >= 0.3 is 0 Å². The number of sulfonamides is 1. The van der Waals surface area contributed by atoms with Crippen LogP contribution in [-0.2, 0) is 10.0 Å². The molecule has 0 spiro atoms. The van der Waals surface area contributed by atoms with Gasteiger partial charge in [0.05, 0.1) is 4.90 Å². The number of hydrogen-bond acceptors (Lipinski definition) is 3. The van der Waals surface area contributed by atoms with Gasteiger partial charge in [-0.15, -0.1) is 0 Å². The summed E-state index contributed by atoms with van der Waals surface area (Å²) >= 11 is 3.37. The van der Waals surface area contributed by atoms with Crippen molar-refractivity contribution in [3.8, 4) is 0 Å². The highest BCUT2D eigenvalue weighted by Crippen LogP contribution is 2.21. The summed E-state index contributed by atoms with van der Waals surface area (Å²) in [5.41, 5.74) is 1.86. The Morgan fingerprint density at radius 1 is 1.14 bits per heavy atom. The van der Waals surface area contributed by atoms with E-state index in [0.29, 0.717) is 11.3 Å². The van der Waals surface area contributed by atoms with Crippen molar-refractivity contribution in [3.05, 3.63) is 58.1 Å². The first-order valence-corrected chi connectivity index (χ1v) is 8.32. The van der Waals surface area contributed by atoms with Gasteiger partial charge in [0.15, 0.2) is 0 Å². The maximum absolute atomic E-state index is 12.2. The predicted molar refractivity (Wildman–Crippen MR) is 84.6 cm³/mol. The van der Waals surface area contributed by atoms with Crippen molar-refractivity contribution in [2.24, 2.45) is 5.14 Å². The van der Waals surface area contributed by atoms with E-state index >= 15 is 0 Å². The van der Waals surface area contributed by atoms with Crippen LogP contribution in [0.1, 0.15) is 15.9 Å². The van der Waals surface area contributed by atoms with Crippen LogP contribution in [0.3, 0.4) is 0 Å². The van der Waals surface area contributed by atoms with Crippen molar-refractivity contribution in [2.75, 3.05) is 5.32 Å². The molecule has 21 heavy (non-hydrogen) atoms. The lowest BCUT2D eigenvalue weighted by atomic mass is 10.1. The molecule has 2 rings (SSSR count). The van der Waals surface area contributed by atoms with E-state index in [9.17, 15) is 13.2 Å². The molecule has 0 unspecified atom stereocenters. The highest BCUT2D eigenvalue weighted by molar-refractivity contribution is 9.10. The van der Waals surface area contributed by atoms with E-state index in [2.05, 4.69) is 21.2 Å². The molecule has 0 aliphatic rings. The molecule has 2 aromatic carbocycles. The van der Waals surface area contributed by atoms with Gasteiger partial charge in [0.25, 0.3) is 5.91 Å². The Kier molecular flexibility index (Phi) is 4.46. The average molecular weight is 369 g/mol. The van der Waals surface area contributed by atoms with Crippen molar-refractivity contribution in [2.45, 2.75) is 11.8 Å². The molecule has 7 heteroatoms. The van der Waals surface area contributed by atoms with Gasteiger partial charge in [-0.05, 0) is 48.9 Å². The number of hydrogen-bond donors (Lipinski definition) is 2. The van der Waals surface area contributed by atoms with E-state index in [1.54, 1.807) is 12.1 Å². The Morgan fingerprint density at radius 2 is 1.76 bits per heavy atom. The zero-order valence-corrected chi connectivity index (χ0v) is 13.5. The lowest BCUT2D eigenvalue weighted by Crippen LogP contribution is -2.14. The number of amides is 1. The van der Waals surface area contributed by atoms with Gasteiger partial charge in [-0.2, -0.15) is 0 Å². The zero-order chi connectivity index (χ0) is 15.6. The van der Waals surface area contributed by atoms with Crippen LogP contribution in [0, 0.1) is 6.92 Å². The van der Waals surface area contributed by atoms with Crippen LogP contribution in [-0.4, -0.2) is 14.3 Å². The first-order valence-electron chi connectivity index (χ1n) is 5.98. The van der Waals surface area contributed by atoms with E-state index in [4.69, 9.17) is 5.14 Å². The van der Waals surface area contributed by atoms with Crippen LogP contribution in [0.25, 0.3) is 0 Å². The largest absolute Gasteiger partial charge is 0.322 e. The molecule has 0 fully saturated rings. The van der Waals surface area contributed by atoms with Crippen LogP contribution in [0.4, 0.5) is 5.69 Å². The standard InChI is InChI=1S/C14H13BrN2O3S/c1-9-12(3-2-4-13(9)15)14(18)17-10-5-7-11(8-6-10)21(16,19)20/h2-8H,1H3,(H,17,18)(H2,16,19,20). The van der Waals surface area contributed by atoms with Crippen molar-refractivity contribution in [3.63, 3.8) is 0 Å². The number of rotatable bonds is 3. The summed E-state index contributed by atoms with van der Waals surface area (Å²) in [5, 5.41) is 7.72. The highest BCUT2D eigenvalue weighted by Gasteiger charge is 2.12. The lowest BCUT2D eigenvalue weighted by molar-refractivity contribution is 0.102. The van der Waals surface area contributed by atoms with Crippen LogP contribution < -0.4 is 10.5 Å². The fraction of sp³-hybridized carbons (Fsp3) is 0.0714. The van der Waals surface area contributed by atoms with Crippen LogP contribution >= 0.6 is 15.9 Å². The molecule has 0 saturated heterocycles. The van der Waals surface area contributed by atoms with Gasteiger partial charge in [-0.1, -0.05) is 22.0 Å². The molecule has 110 valence electrons. The fourth-order valence-corrected chi connectivity index (χ4v) is 2.66. The second-order valence-corrected chi connectivity index (χ2v) is 6.85. The SMILES string of the molecule is Cc1c(Br)cccc1C(=O)Nc1ccc(S(N)(=O)=O)cc1. The van der Waals surface area contributed by atoms with E-state index in [0.717, 1.165) is 10.0 Å². The highest BCUT2D eigenvalue weighted by atomic mass is 79.9. The number of anilines is 1. The molecule has 0 aliphatic heterocycles. The van der Waals surface area contributed by atoms with Crippen LogP contribution in [0.2, 0.25) is 0 Å². The molecule has 5 nitrogen and oxygen atoms in total. The molecule has 0 saturated carbocycles. The fourth-order valence-electron chi connectivity index (χ4n) is 1.78. The minimum atomic E-state index is -3.73. The Labute approximate surface area is 131 Å². The van der Waals surface area contributed by atoms with Gasteiger partial charge < -0.3 is 5.32 Å². The molecule has 0 aliphatic carbocycles. The zero-order valence-electron chi connectivity index (χ0n) is 11.1. The Hall–Kier alpha value is -1.70. The third kappa shape index (κ3) is 3.69. The first-order chi connectivity index (χ1) is 9.79. The summed E-state index contributed by atoms with van der Waals surface area (Å²) in [6.07, 6.45) is 0. The molecule has 0 radical (unpaired) electrons. The average Bonchev–Trinajstić information content (AvgIpc) is 2.41. The van der Waals surface area contributed by atoms with E-state index in [1.165, 1.54) is 24.3 Å². The third-order valence-electron chi connectivity index (χ3n) is 2.95. The molecule has 3 N–H and O–H groups in total. The van der Waals surface area contributed by atoms with Gasteiger partial charge in [-0.3, -0.25) is 4.79 Å². The molecule has 0 heterocycles. The molecular formula is C14H13BrN2O3S. The minimum Gasteiger partial charge on any atom is -0.322 e. The Morgan fingerprint density at radius 3 is 2.33 bits per heavy atom. The normalized spacial score (nSPS) is 11.2. The molecule has 0 aromatic heterocycles. The summed E-state index contributed by atoms with van der Waals surface area (Å²) in [4.78, 5) is 12.2. The van der Waals surface area contributed by atoms with Gasteiger partial charge in [0.2, 0.25) is 10.0 Å². The summed E-state index contributed by atoms with van der Waals surface area (Å²) in [5.74, 6) is -0.267. The molecular weight excluding hydrogens is 356 g/mol. The number of primary sulfonamides is 1. The van der Waals surface area contributed by atoms with Crippen molar-refractivity contribution < 1.29 is 13.2 Å². The van der Waals surface area contributed by atoms with E-state index < -0.39 is 10.0 Å². The Balaban J connectivity index is 2.22. The number of halogens is 1. The molecule has 0 atom stereocenters. The number of carbonyl (C=O) groups is 1. The minimum absolute atomic E-state index is 0.000801. The Bertz CT molecular complexity index is 786. The summed E-state index contributed by atoms with van der Waals surface area (Å²) in [6.45, 7) is 1.84. The van der Waals surface area contributed by atoms with Crippen molar-refractivity contribution in [1.29, 1.82) is 0 Å². The van der Waals surface area contributed by atoms with Gasteiger partial charge in [0, 0.05) is 15.7 Å². The number of nitrogens with one attached hydrogen (secondary N) is 1. The number of nitrogens with two attached hydrogens (primary N) is 1. The van der Waals surface area contributed by atoms with E-state index in [1.807, 2.05) is 13.0 Å². The third-order valence-corrected chi connectivity index (χ3v) is 4.74. The van der Waals surface area contributed by atoms with Gasteiger partial charge in [-0.25, -0.2) is 13.6 Å². The van der Waals surface area contributed by atoms with Crippen LogP contribution in [0.5, 0.6) is 0 Å². The first kappa shape index (κ1) is 15.7. The van der Waals surface area contributed by atoms with Crippen LogP contribution in [0.15, 0.2) is 51.8 Å². The maximum atomic E-state index is 12.2. The monoisotopic (exact) mass is 368 g/mol. The lowest BCUT2D eigenvalue weighted by Gasteiger charge is -2.09. The van der Waals surface area contributed by atoms with Gasteiger partial charge in [0.1, 0.15) is 0 Å². The predicted octanol–water partition coefficient (Wildman–Crippen LogP) is 2.66. The summed E-state index contributed by atoms with van der Waals surface area (Å²) in [6, 6.07) is 11.0. The van der Waals surface area contributed by atoms with Crippen molar-refractivity contribution >= 4 is 37.5 Å². The summed E-state index contributed by atoms with van der Waals surface area (Å²) in [7, 11) is -3.73. The second-order valence-electron chi connectivity index (χ2n) is 4.44. The molecule has 0 bridgehead atoms. The summed E-state index contributed by atoms with van der Waals surface area (Å²) < 4.78 is 23.2. The molecule has 2 aromatic rings. The smallest absolute Gasteiger partial charge is 0.255 e.